The number of ether oxygens (including phenoxy) is 1. The molecule has 1 saturated heterocycles. The molecule has 1 aromatic carbocycles. The van der Waals surface area contributed by atoms with Gasteiger partial charge >= 0.3 is 11.8 Å². The zero-order valence-corrected chi connectivity index (χ0v) is 15.2. The van der Waals surface area contributed by atoms with E-state index >= 15 is 0 Å². The number of hydrogen-bond donors (Lipinski definition) is 3. The summed E-state index contributed by atoms with van der Waals surface area (Å²) in [7, 11) is 0. The van der Waals surface area contributed by atoms with E-state index in [2.05, 4.69) is 20.8 Å². The minimum atomic E-state index is -0.865. The zero-order chi connectivity index (χ0) is 19.4. The molecule has 1 aliphatic rings. The Morgan fingerprint density at radius 2 is 2.00 bits per heavy atom. The summed E-state index contributed by atoms with van der Waals surface area (Å²) in [5, 5.41) is 11.3. The Labute approximate surface area is 156 Å². The molecule has 2 heterocycles. The number of aromatic amines is 1. The average Bonchev–Trinajstić information content (AvgIpc) is 3.12. The maximum atomic E-state index is 14.5. The molecule has 2 aromatic rings. The first-order valence-corrected chi connectivity index (χ1v) is 8.69. The van der Waals surface area contributed by atoms with Crippen LogP contribution in [0.25, 0.3) is 0 Å². The van der Waals surface area contributed by atoms with Gasteiger partial charge in [-0.05, 0) is 38.1 Å². The van der Waals surface area contributed by atoms with E-state index in [9.17, 15) is 14.0 Å². The fraction of sp³-hybridized carbons (Fsp3) is 0.389. The standard InChI is InChI=1S/C18H22FN5O3/c1-11-9-24(10-12(2)27-11)16-4-3-13(7-15(16)19)22-18(26)17(25)20-8-14-5-6-21-23-14/h3-7,11-12H,8-10H2,1-2H3,(H,20,25)(H,21,23)(H,22,26). The number of hydrogen-bond acceptors (Lipinski definition) is 5. The van der Waals surface area contributed by atoms with Crippen LogP contribution in [0.4, 0.5) is 15.8 Å². The van der Waals surface area contributed by atoms with Crippen LogP contribution in [0.2, 0.25) is 0 Å². The van der Waals surface area contributed by atoms with Gasteiger partial charge in [0.05, 0.1) is 30.1 Å². The lowest BCUT2D eigenvalue weighted by Gasteiger charge is -2.37. The van der Waals surface area contributed by atoms with Gasteiger partial charge in [-0.15, -0.1) is 0 Å². The monoisotopic (exact) mass is 375 g/mol. The third-order valence-electron chi connectivity index (χ3n) is 4.17. The van der Waals surface area contributed by atoms with Gasteiger partial charge in [0.15, 0.2) is 0 Å². The van der Waals surface area contributed by atoms with E-state index in [-0.39, 0.29) is 24.4 Å². The van der Waals surface area contributed by atoms with Gasteiger partial charge in [-0.2, -0.15) is 5.10 Å². The van der Waals surface area contributed by atoms with Crippen molar-refractivity contribution < 1.29 is 18.7 Å². The van der Waals surface area contributed by atoms with Gasteiger partial charge in [-0.1, -0.05) is 0 Å². The Balaban J connectivity index is 1.59. The summed E-state index contributed by atoms with van der Waals surface area (Å²) in [4.78, 5) is 25.7. The lowest BCUT2D eigenvalue weighted by atomic mass is 10.2. The van der Waals surface area contributed by atoms with Gasteiger partial charge in [0.25, 0.3) is 0 Å². The third kappa shape index (κ3) is 4.82. The maximum Gasteiger partial charge on any atom is 0.313 e. The number of morpholine rings is 1. The average molecular weight is 375 g/mol. The van der Waals surface area contributed by atoms with E-state index in [0.29, 0.717) is 24.5 Å². The van der Waals surface area contributed by atoms with Crippen LogP contribution in [0.15, 0.2) is 30.5 Å². The summed E-state index contributed by atoms with van der Waals surface area (Å²) in [5.41, 5.74) is 1.33. The number of benzene rings is 1. The number of aromatic nitrogens is 2. The van der Waals surface area contributed by atoms with Crippen molar-refractivity contribution in [1.82, 2.24) is 15.5 Å². The quantitative estimate of drug-likeness (QED) is 0.702. The van der Waals surface area contributed by atoms with Crippen molar-refractivity contribution in [3.05, 3.63) is 42.0 Å². The van der Waals surface area contributed by atoms with Crippen LogP contribution >= 0.6 is 0 Å². The summed E-state index contributed by atoms with van der Waals surface area (Å²) in [6.45, 7) is 5.20. The van der Waals surface area contributed by atoms with Crippen LogP contribution in [0.3, 0.4) is 0 Å². The van der Waals surface area contributed by atoms with Crippen molar-refractivity contribution in [1.29, 1.82) is 0 Å². The van der Waals surface area contributed by atoms with Crippen molar-refractivity contribution in [2.45, 2.75) is 32.6 Å². The molecule has 2 amide bonds. The Kier molecular flexibility index (Phi) is 5.70. The van der Waals surface area contributed by atoms with E-state index < -0.39 is 17.6 Å². The predicted octanol–water partition coefficient (Wildman–Crippen LogP) is 1.42. The second-order valence-corrected chi connectivity index (χ2v) is 6.55. The van der Waals surface area contributed by atoms with E-state index in [1.807, 2.05) is 18.7 Å². The van der Waals surface area contributed by atoms with E-state index in [4.69, 9.17) is 4.74 Å². The van der Waals surface area contributed by atoms with Crippen LogP contribution in [-0.2, 0) is 20.9 Å². The summed E-state index contributed by atoms with van der Waals surface area (Å²) in [5.74, 6) is -2.15. The number of anilines is 2. The molecule has 2 atom stereocenters. The summed E-state index contributed by atoms with van der Waals surface area (Å²) in [6.07, 6.45) is 1.55. The molecular weight excluding hydrogens is 353 g/mol. The molecule has 0 saturated carbocycles. The molecule has 27 heavy (non-hydrogen) atoms. The van der Waals surface area contributed by atoms with E-state index in [1.54, 1.807) is 24.4 Å². The number of carbonyl (C=O) groups excluding carboxylic acids is 2. The molecule has 1 aromatic heterocycles. The number of rotatable bonds is 4. The van der Waals surface area contributed by atoms with Crippen LogP contribution in [0.1, 0.15) is 19.5 Å². The van der Waals surface area contributed by atoms with Gasteiger partial charge < -0.3 is 20.3 Å². The molecule has 9 heteroatoms. The van der Waals surface area contributed by atoms with E-state index in [0.717, 1.165) is 0 Å². The van der Waals surface area contributed by atoms with Crippen LogP contribution in [0.5, 0.6) is 0 Å². The molecule has 2 unspecified atom stereocenters. The molecule has 0 aliphatic carbocycles. The molecule has 144 valence electrons. The number of nitrogens with one attached hydrogen (secondary N) is 3. The van der Waals surface area contributed by atoms with Crippen LogP contribution in [0, 0.1) is 5.82 Å². The van der Waals surface area contributed by atoms with Gasteiger partial charge in [0, 0.05) is 25.0 Å². The first-order chi connectivity index (χ1) is 12.9. The molecular formula is C18H22FN5O3. The summed E-state index contributed by atoms with van der Waals surface area (Å²) >= 11 is 0. The highest BCUT2D eigenvalue weighted by atomic mass is 19.1. The first kappa shape index (κ1) is 18.8. The van der Waals surface area contributed by atoms with Crippen molar-refractivity contribution in [2.75, 3.05) is 23.3 Å². The maximum absolute atomic E-state index is 14.5. The Bertz CT molecular complexity index is 801. The largest absolute Gasteiger partial charge is 0.372 e. The molecule has 3 N–H and O–H groups in total. The minimum absolute atomic E-state index is 0.00565. The van der Waals surface area contributed by atoms with Crippen molar-refractivity contribution >= 4 is 23.2 Å². The van der Waals surface area contributed by atoms with Crippen molar-refractivity contribution in [2.24, 2.45) is 0 Å². The summed E-state index contributed by atoms with van der Waals surface area (Å²) in [6, 6.07) is 6.06. The second kappa shape index (κ2) is 8.17. The van der Waals surface area contributed by atoms with Crippen LogP contribution < -0.4 is 15.5 Å². The molecule has 3 rings (SSSR count). The third-order valence-corrected chi connectivity index (χ3v) is 4.17. The molecule has 8 nitrogen and oxygen atoms in total. The highest BCUT2D eigenvalue weighted by molar-refractivity contribution is 6.39. The lowest BCUT2D eigenvalue weighted by molar-refractivity contribution is -0.136. The molecule has 1 fully saturated rings. The number of carbonyl (C=O) groups is 2. The molecule has 1 aliphatic heterocycles. The highest BCUT2D eigenvalue weighted by Gasteiger charge is 2.24. The highest BCUT2D eigenvalue weighted by Crippen LogP contribution is 2.26. The van der Waals surface area contributed by atoms with Gasteiger partial charge in [-0.25, -0.2) is 4.39 Å². The first-order valence-electron chi connectivity index (χ1n) is 8.69. The Hall–Kier alpha value is -2.94. The fourth-order valence-corrected chi connectivity index (χ4v) is 3.04. The smallest absolute Gasteiger partial charge is 0.313 e. The zero-order valence-electron chi connectivity index (χ0n) is 15.2. The number of halogens is 1. The van der Waals surface area contributed by atoms with Gasteiger partial charge in [-0.3, -0.25) is 14.7 Å². The van der Waals surface area contributed by atoms with Crippen molar-refractivity contribution in [3.63, 3.8) is 0 Å². The molecule has 0 bridgehead atoms. The van der Waals surface area contributed by atoms with Crippen LogP contribution in [-0.4, -0.2) is 47.3 Å². The Morgan fingerprint density at radius 3 is 2.63 bits per heavy atom. The number of H-pyrrole nitrogens is 1. The minimum Gasteiger partial charge on any atom is -0.372 e. The normalized spacial score (nSPS) is 19.6. The molecule has 0 spiro atoms. The Morgan fingerprint density at radius 1 is 1.26 bits per heavy atom. The predicted molar refractivity (Wildman–Crippen MR) is 97.7 cm³/mol. The summed E-state index contributed by atoms with van der Waals surface area (Å²) < 4.78 is 20.2. The van der Waals surface area contributed by atoms with Gasteiger partial charge in [0.1, 0.15) is 5.82 Å². The topological polar surface area (TPSA) is 99.4 Å². The van der Waals surface area contributed by atoms with Gasteiger partial charge in [0.2, 0.25) is 0 Å². The molecule has 0 radical (unpaired) electrons. The number of nitrogens with zero attached hydrogens (tertiary/aromatic N) is 2. The van der Waals surface area contributed by atoms with E-state index in [1.165, 1.54) is 6.07 Å². The second-order valence-electron chi connectivity index (χ2n) is 6.55. The fourth-order valence-electron chi connectivity index (χ4n) is 3.04. The lowest BCUT2D eigenvalue weighted by Crippen LogP contribution is -2.45. The van der Waals surface area contributed by atoms with Crippen molar-refractivity contribution in [3.8, 4) is 0 Å². The SMILES string of the molecule is CC1CN(c2ccc(NC(=O)C(=O)NCc3ccn[nH]3)cc2F)CC(C)O1. The number of amides is 2.